The summed E-state index contributed by atoms with van der Waals surface area (Å²) in [6.45, 7) is 10.8. The number of rotatable bonds is 8. The Morgan fingerprint density at radius 2 is 0.976 bits per heavy atom. The second-order valence-electron chi connectivity index (χ2n) is 11.3. The number of hydrogen-bond donors (Lipinski definition) is 2. The van der Waals surface area contributed by atoms with Crippen LogP contribution in [0.25, 0.3) is 0 Å². The van der Waals surface area contributed by atoms with Gasteiger partial charge in [-0.3, -0.25) is 4.79 Å². The standard InChI is InChI=1S/C33H36F6OS2/c1-19(2)27-9-7-15-41(27)29-13-11-23(17-25(29)32(34,35)36)21(5)31(40)22(6)24-12-14-30(26(18-24)33(37,38)39)42-16-8-10-28(42)20(3)4/h7-22,41-42H,1-6H3. The molecule has 0 aromatic heterocycles. The third-order valence-electron chi connectivity index (χ3n) is 7.77. The topological polar surface area (TPSA) is 17.1 Å². The summed E-state index contributed by atoms with van der Waals surface area (Å²) in [4.78, 5) is 15.8. The van der Waals surface area contributed by atoms with Gasteiger partial charge in [-0.1, -0.05) is 78.0 Å². The predicted molar refractivity (Wildman–Crippen MR) is 163 cm³/mol. The lowest BCUT2D eigenvalue weighted by Gasteiger charge is -2.27. The first-order valence-electron chi connectivity index (χ1n) is 13.8. The van der Waals surface area contributed by atoms with Crippen LogP contribution in [0.5, 0.6) is 0 Å². The maximum Gasteiger partial charge on any atom is 0.417 e. The maximum atomic E-state index is 14.3. The smallest absolute Gasteiger partial charge is 0.298 e. The van der Waals surface area contributed by atoms with Crippen molar-refractivity contribution in [2.45, 2.75) is 75.5 Å². The van der Waals surface area contributed by atoms with E-state index >= 15 is 0 Å². The molecule has 0 N–H and O–H groups in total. The zero-order valence-corrected chi connectivity index (χ0v) is 26.1. The molecule has 2 aromatic rings. The molecule has 1 nitrogen and oxygen atoms in total. The van der Waals surface area contributed by atoms with E-state index in [1.165, 1.54) is 26.0 Å². The minimum absolute atomic E-state index is 0.0834. The molecule has 0 spiro atoms. The summed E-state index contributed by atoms with van der Waals surface area (Å²) in [5.74, 6) is -2.18. The van der Waals surface area contributed by atoms with Crippen LogP contribution in [0.1, 0.15) is 75.6 Å². The summed E-state index contributed by atoms with van der Waals surface area (Å²) in [5, 5.41) is 3.60. The Labute approximate surface area is 249 Å². The summed E-state index contributed by atoms with van der Waals surface area (Å²) in [6, 6.07) is 8.08. The fraction of sp³-hybridized carbons (Fsp3) is 0.364. The normalized spacial score (nSPS) is 22.0. The summed E-state index contributed by atoms with van der Waals surface area (Å²) in [5.41, 5.74) is -1.17. The number of allylic oxidation sites excluding steroid dienone is 6. The van der Waals surface area contributed by atoms with Gasteiger partial charge in [0.2, 0.25) is 0 Å². The molecule has 2 aliphatic heterocycles. The van der Waals surface area contributed by atoms with Crippen molar-refractivity contribution >= 4 is 27.6 Å². The minimum atomic E-state index is -4.63. The summed E-state index contributed by atoms with van der Waals surface area (Å²) in [7, 11) is -2.58. The Morgan fingerprint density at radius 1 is 0.619 bits per heavy atom. The van der Waals surface area contributed by atoms with Gasteiger partial charge in [0.25, 0.3) is 0 Å². The van der Waals surface area contributed by atoms with Gasteiger partial charge in [-0.2, -0.15) is 48.1 Å². The van der Waals surface area contributed by atoms with Crippen LogP contribution in [0.3, 0.4) is 0 Å². The van der Waals surface area contributed by atoms with E-state index in [0.717, 1.165) is 21.9 Å². The first-order valence-corrected chi connectivity index (χ1v) is 16.7. The lowest BCUT2D eigenvalue weighted by atomic mass is 9.85. The van der Waals surface area contributed by atoms with Crippen LogP contribution in [0.4, 0.5) is 26.3 Å². The number of benzene rings is 2. The second kappa shape index (κ2) is 12.2. The summed E-state index contributed by atoms with van der Waals surface area (Å²) < 4.78 is 85.6. The van der Waals surface area contributed by atoms with Crippen molar-refractivity contribution in [1.29, 1.82) is 0 Å². The van der Waals surface area contributed by atoms with Gasteiger partial charge in [0, 0.05) is 21.6 Å². The highest BCUT2D eigenvalue weighted by Gasteiger charge is 2.38. The van der Waals surface area contributed by atoms with Gasteiger partial charge in [-0.05, 0) is 67.9 Å². The average molecular weight is 627 g/mol. The Kier molecular flexibility index (Phi) is 9.34. The van der Waals surface area contributed by atoms with Crippen LogP contribution >= 0.6 is 21.8 Å². The molecule has 4 atom stereocenters. The summed E-state index contributed by atoms with van der Waals surface area (Å²) >= 11 is 0. The molecule has 0 aliphatic carbocycles. The van der Waals surface area contributed by atoms with Gasteiger partial charge in [-0.25, -0.2) is 0 Å². The van der Waals surface area contributed by atoms with Crippen LogP contribution in [0.15, 0.2) is 91.1 Å². The van der Waals surface area contributed by atoms with E-state index in [4.69, 9.17) is 0 Å². The lowest BCUT2D eigenvalue weighted by molar-refractivity contribution is -0.140. The number of thiol groups is 2. The van der Waals surface area contributed by atoms with Gasteiger partial charge in [0.1, 0.15) is 5.78 Å². The molecule has 4 unspecified atom stereocenters. The molecule has 9 heteroatoms. The largest absolute Gasteiger partial charge is 0.417 e. The SMILES string of the molecule is CC(C)C1=CC=C[SH]1c1ccc(C(C)C(=O)C(C)c2ccc([SH]3C=CC=C3C(C)C)c(C(F)(F)F)c2)cc1C(F)(F)F. The molecular formula is C33H36F6OS2. The second-order valence-corrected chi connectivity index (χ2v) is 15.4. The highest BCUT2D eigenvalue weighted by Crippen LogP contribution is 2.56. The number of halogens is 6. The van der Waals surface area contributed by atoms with Gasteiger partial charge >= 0.3 is 12.4 Å². The number of Topliss-reactive ketones (excluding diaryl/α,β-unsaturated/α-hetero) is 1. The van der Waals surface area contributed by atoms with E-state index in [0.29, 0.717) is 0 Å². The molecule has 0 fully saturated rings. The van der Waals surface area contributed by atoms with Crippen LogP contribution in [-0.4, -0.2) is 5.78 Å². The molecule has 4 rings (SSSR count). The zero-order valence-electron chi connectivity index (χ0n) is 24.3. The fourth-order valence-electron chi connectivity index (χ4n) is 5.39. The number of ketones is 1. The maximum absolute atomic E-state index is 14.3. The molecule has 0 amide bonds. The number of carbonyl (C=O) groups is 1. The molecule has 0 bridgehead atoms. The van der Waals surface area contributed by atoms with Gasteiger partial charge in [0.15, 0.2) is 0 Å². The molecule has 2 heterocycles. The van der Waals surface area contributed by atoms with Crippen LogP contribution in [0, 0.1) is 11.8 Å². The van der Waals surface area contributed by atoms with Crippen molar-refractivity contribution in [2.75, 3.05) is 0 Å². The van der Waals surface area contributed by atoms with Crippen molar-refractivity contribution in [2.24, 2.45) is 11.8 Å². The Morgan fingerprint density at radius 3 is 1.29 bits per heavy atom. The fourth-order valence-corrected chi connectivity index (χ4v) is 10.1. The molecule has 0 radical (unpaired) electrons. The summed E-state index contributed by atoms with van der Waals surface area (Å²) in [6.07, 6.45) is -1.96. The zero-order chi connectivity index (χ0) is 31.1. The third kappa shape index (κ3) is 6.47. The Balaban J connectivity index is 1.67. The molecular weight excluding hydrogens is 590 g/mol. The molecule has 0 saturated carbocycles. The van der Waals surface area contributed by atoms with Gasteiger partial charge in [-0.15, -0.1) is 0 Å². The molecule has 2 aromatic carbocycles. The van der Waals surface area contributed by atoms with Gasteiger partial charge < -0.3 is 0 Å². The number of carbonyl (C=O) groups excluding carboxylic acids is 1. The quantitative estimate of drug-likeness (QED) is 0.220. The van der Waals surface area contributed by atoms with E-state index in [2.05, 4.69) is 0 Å². The van der Waals surface area contributed by atoms with Crippen molar-refractivity contribution in [3.8, 4) is 0 Å². The highest BCUT2D eigenvalue weighted by molar-refractivity contribution is 8.23. The van der Waals surface area contributed by atoms with Crippen LogP contribution in [0.2, 0.25) is 0 Å². The minimum Gasteiger partial charge on any atom is -0.298 e. The van der Waals surface area contributed by atoms with Crippen LogP contribution < -0.4 is 0 Å². The highest BCUT2D eigenvalue weighted by atomic mass is 32.2. The van der Waals surface area contributed by atoms with E-state index in [1.807, 2.05) is 39.8 Å². The van der Waals surface area contributed by atoms with Crippen molar-refractivity contribution in [3.05, 3.63) is 104 Å². The van der Waals surface area contributed by atoms with E-state index < -0.39 is 62.9 Å². The molecule has 42 heavy (non-hydrogen) atoms. The van der Waals surface area contributed by atoms with Crippen molar-refractivity contribution in [1.82, 2.24) is 0 Å². The first kappa shape index (κ1) is 32.3. The predicted octanol–water partition coefficient (Wildman–Crippen LogP) is 11.1. The van der Waals surface area contributed by atoms with Crippen LogP contribution in [-0.2, 0) is 17.1 Å². The Bertz CT molecular complexity index is 1370. The van der Waals surface area contributed by atoms with E-state index in [1.54, 1.807) is 35.1 Å². The third-order valence-corrected chi connectivity index (χ3v) is 13.0. The molecule has 2 aliphatic rings. The molecule has 228 valence electrons. The first-order chi connectivity index (χ1) is 19.5. The van der Waals surface area contributed by atoms with E-state index in [-0.39, 0.29) is 32.8 Å². The Hall–Kier alpha value is -2.65. The average Bonchev–Trinajstić information content (AvgIpc) is 3.61. The monoisotopic (exact) mass is 626 g/mol. The van der Waals surface area contributed by atoms with E-state index in [9.17, 15) is 31.1 Å². The van der Waals surface area contributed by atoms with Crippen molar-refractivity contribution in [3.63, 3.8) is 0 Å². The van der Waals surface area contributed by atoms with Crippen molar-refractivity contribution < 1.29 is 31.1 Å². The lowest BCUT2D eigenvalue weighted by Crippen LogP contribution is -2.19. The number of hydrogen-bond acceptors (Lipinski definition) is 1. The number of alkyl halides is 6. The molecule has 0 saturated heterocycles. The van der Waals surface area contributed by atoms with Gasteiger partial charge in [0.05, 0.1) is 11.1 Å².